The van der Waals surface area contributed by atoms with Gasteiger partial charge in [0.25, 0.3) is 0 Å². The monoisotopic (exact) mass is 317 g/mol. The van der Waals surface area contributed by atoms with E-state index in [0.717, 1.165) is 17.7 Å². The molecule has 0 spiro atoms. The van der Waals surface area contributed by atoms with E-state index >= 15 is 0 Å². The fourth-order valence-electron chi connectivity index (χ4n) is 2.99. The van der Waals surface area contributed by atoms with Gasteiger partial charge in [0.05, 0.1) is 13.0 Å². The number of carbonyl (C=O) groups is 2. The van der Waals surface area contributed by atoms with Gasteiger partial charge in [-0.25, -0.2) is 0 Å². The van der Waals surface area contributed by atoms with Crippen LogP contribution in [-0.4, -0.2) is 31.4 Å². The number of hydrogen-bond acceptors (Lipinski definition) is 3. The minimum absolute atomic E-state index is 0.00770. The van der Waals surface area contributed by atoms with Gasteiger partial charge in [0.1, 0.15) is 0 Å². The Bertz CT molecular complexity index is 528. The quantitative estimate of drug-likeness (QED) is 0.752. The van der Waals surface area contributed by atoms with E-state index in [1.807, 2.05) is 24.3 Å². The number of nitrogens with one attached hydrogen (secondary N) is 3. The fourth-order valence-corrected chi connectivity index (χ4v) is 2.99. The summed E-state index contributed by atoms with van der Waals surface area (Å²) in [6.07, 6.45) is 5.13. The molecule has 0 saturated heterocycles. The Labute approximate surface area is 138 Å². The zero-order valence-corrected chi connectivity index (χ0v) is 14.0. The number of benzene rings is 1. The number of carbonyl (C=O) groups excluding carboxylic acids is 2. The summed E-state index contributed by atoms with van der Waals surface area (Å²) in [6, 6.07) is 7.91. The van der Waals surface area contributed by atoms with E-state index in [4.69, 9.17) is 0 Å². The van der Waals surface area contributed by atoms with Crippen molar-refractivity contribution in [1.82, 2.24) is 10.6 Å². The first kappa shape index (κ1) is 17.3. The van der Waals surface area contributed by atoms with Gasteiger partial charge >= 0.3 is 0 Å². The van der Waals surface area contributed by atoms with Gasteiger partial charge in [-0.3, -0.25) is 9.59 Å². The van der Waals surface area contributed by atoms with Gasteiger partial charge in [0, 0.05) is 18.8 Å². The van der Waals surface area contributed by atoms with Crippen LogP contribution in [0.4, 0.5) is 5.69 Å². The fraction of sp³-hybridized carbons (Fsp3) is 0.556. The number of amides is 2. The Hall–Kier alpha value is -2.04. The van der Waals surface area contributed by atoms with Crippen molar-refractivity contribution >= 4 is 17.5 Å². The van der Waals surface area contributed by atoms with Gasteiger partial charge in [-0.1, -0.05) is 31.9 Å². The predicted molar refractivity (Wildman–Crippen MR) is 92.3 cm³/mol. The summed E-state index contributed by atoms with van der Waals surface area (Å²) in [6.45, 7) is 2.49. The predicted octanol–water partition coefficient (Wildman–Crippen LogP) is 2.08. The topological polar surface area (TPSA) is 70.2 Å². The third kappa shape index (κ3) is 5.58. The van der Waals surface area contributed by atoms with Crippen LogP contribution in [0.15, 0.2) is 24.3 Å². The SMILES string of the molecule is CNC(=O)Cc1ccc(NCC(=O)N[C@H]2CCCC[C@H]2C)cc1. The molecular formula is C18H27N3O2. The molecule has 1 aromatic carbocycles. The molecule has 2 amide bonds. The van der Waals surface area contributed by atoms with Crippen LogP contribution in [0.1, 0.15) is 38.2 Å². The van der Waals surface area contributed by atoms with Crippen molar-refractivity contribution in [2.24, 2.45) is 5.92 Å². The molecule has 2 rings (SSSR count). The lowest BCUT2D eigenvalue weighted by Gasteiger charge is -2.29. The van der Waals surface area contributed by atoms with E-state index in [-0.39, 0.29) is 18.4 Å². The standard InChI is InChI=1S/C18H27N3O2/c1-13-5-3-4-6-16(13)21-18(23)12-20-15-9-7-14(8-10-15)11-17(22)19-2/h7-10,13,16,20H,3-6,11-12H2,1-2H3,(H,19,22)(H,21,23)/t13-,16+/m1/s1. The van der Waals surface area contributed by atoms with E-state index in [1.54, 1.807) is 7.05 Å². The van der Waals surface area contributed by atoms with Crippen molar-refractivity contribution < 1.29 is 9.59 Å². The molecule has 1 aliphatic carbocycles. The molecule has 0 aromatic heterocycles. The van der Waals surface area contributed by atoms with Crippen LogP contribution in [0, 0.1) is 5.92 Å². The first-order valence-corrected chi connectivity index (χ1v) is 8.41. The van der Waals surface area contributed by atoms with E-state index in [1.165, 1.54) is 19.3 Å². The second-order valence-electron chi connectivity index (χ2n) is 6.34. The van der Waals surface area contributed by atoms with Gasteiger partial charge < -0.3 is 16.0 Å². The molecule has 3 N–H and O–H groups in total. The molecule has 1 fully saturated rings. The van der Waals surface area contributed by atoms with Crippen LogP contribution < -0.4 is 16.0 Å². The van der Waals surface area contributed by atoms with Crippen molar-refractivity contribution in [3.05, 3.63) is 29.8 Å². The third-order valence-corrected chi connectivity index (χ3v) is 4.51. The van der Waals surface area contributed by atoms with Crippen LogP contribution in [0.2, 0.25) is 0 Å². The van der Waals surface area contributed by atoms with Crippen molar-refractivity contribution in [2.45, 2.75) is 45.1 Å². The Balaban J connectivity index is 1.76. The largest absolute Gasteiger partial charge is 0.376 e. The molecule has 23 heavy (non-hydrogen) atoms. The molecule has 5 heteroatoms. The molecule has 5 nitrogen and oxygen atoms in total. The van der Waals surface area contributed by atoms with Gasteiger partial charge in [0.15, 0.2) is 0 Å². The summed E-state index contributed by atoms with van der Waals surface area (Å²) in [5.41, 5.74) is 1.84. The second-order valence-corrected chi connectivity index (χ2v) is 6.34. The first-order valence-electron chi connectivity index (χ1n) is 8.41. The molecule has 126 valence electrons. The Morgan fingerprint density at radius 3 is 2.43 bits per heavy atom. The summed E-state index contributed by atoms with van der Waals surface area (Å²) in [5.74, 6) is 0.599. The zero-order chi connectivity index (χ0) is 16.7. The molecule has 0 heterocycles. The van der Waals surface area contributed by atoms with E-state index < -0.39 is 0 Å². The molecule has 0 aliphatic heterocycles. The highest BCUT2D eigenvalue weighted by atomic mass is 16.2. The Kier molecular flexibility index (Phi) is 6.44. The van der Waals surface area contributed by atoms with Crippen molar-refractivity contribution in [2.75, 3.05) is 18.9 Å². The zero-order valence-electron chi connectivity index (χ0n) is 14.0. The minimum Gasteiger partial charge on any atom is -0.376 e. The Morgan fingerprint density at radius 1 is 1.09 bits per heavy atom. The van der Waals surface area contributed by atoms with E-state index in [9.17, 15) is 9.59 Å². The van der Waals surface area contributed by atoms with Gasteiger partial charge in [-0.2, -0.15) is 0 Å². The summed E-state index contributed by atoms with van der Waals surface area (Å²) >= 11 is 0. The van der Waals surface area contributed by atoms with Crippen molar-refractivity contribution in [1.29, 1.82) is 0 Å². The first-order chi connectivity index (χ1) is 11.1. The van der Waals surface area contributed by atoms with Crippen molar-refractivity contribution in [3.63, 3.8) is 0 Å². The van der Waals surface area contributed by atoms with E-state index in [0.29, 0.717) is 18.4 Å². The van der Waals surface area contributed by atoms with Crippen LogP contribution in [0.3, 0.4) is 0 Å². The molecule has 0 unspecified atom stereocenters. The maximum atomic E-state index is 12.1. The van der Waals surface area contributed by atoms with E-state index in [2.05, 4.69) is 22.9 Å². The average Bonchev–Trinajstić information content (AvgIpc) is 2.56. The number of hydrogen-bond donors (Lipinski definition) is 3. The second kappa shape index (κ2) is 8.56. The van der Waals surface area contributed by atoms with Crippen LogP contribution in [0.5, 0.6) is 0 Å². The summed E-state index contributed by atoms with van der Waals surface area (Å²) in [7, 11) is 1.63. The molecule has 0 bridgehead atoms. The van der Waals surface area contributed by atoms with Crippen LogP contribution >= 0.6 is 0 Å². The van der Waals surface area contributed by atoms with Crippen LogP contribution in [-0.2, 0) is 16.0 Å². The van der Waals surface area contributed by atoms with Gasteiger partial charge in [-0.05, 0) is 36.5 Å². The lowest BCUT2D eigenvalue weighted by atomic mass is 9.86. The highest BCUT2D eigenvalue weighted by Gasteiger charge is 2.22. The van der Waals surface area contributed by atoms with Gasteiger partial charge in [-0.15, -0.1) is 0 Å². The number of anilines is 1. The average molecular weight is 317 g/mol. The maximum Gasteiger partial charge on any atom is 0.239 e. The van der Waals surface area contributed by atoms with Gasteiger partial charge in [0.2, 0.25) is 11.8 Å². The Morgan fingerprint density at radius 2 is 1.78 bits per heavy atom. The highest BCUT2D eigenvalue weighted by Crippen LogP contribution is 2.23. The maximum absolute atomic E-state index is 12.1. The molecule has 0 radical (unpaired) electrons. The molecule has 2 atom stereocenters. The van der Waals surface area contributed by atoms with Crippen LogP contribution in [0.25, 0.3) is 0 Å². The molecular weight excluding hydrogens is 290 g/mol. The lowest BCUT2D eigenvalue weighted by molar-refractivity contribution is -0.121. The summed E-state index contributed by atoms with van der Waals surface area (Å²) in [5, 5.41) is 8.86. The normalized spacial score (nSPS) is 20.6. The molecule has 1 saturated carbocycles. The van der Waals surface area contributed by atoms with Crippen molar-refractivity contribution in [3.8, 4) is 0 Å². The smallest absolute Gasteiger partial charge is 0.239 e. The number of rotatable bonds is 6. The lowest BCUT2D eigenvalue weighted by Crippen LogP contribution is -2.43. The highest BCUT2D eigenvalue weighted by molar-refractivity contribution is 5.81. The third-order valence-electron chi connectivity index (χ3n) is 4.51. The number of likely N-dealkylation sites (N-methyl/N-ethyl adjacent to an activating group) is 1. The summed E-state index contributed by atoms with van der Waals surface area (Å²) in [4.78, 5) is 23.4. The minimum atomic E-state index is -0.00770. The molecule has 1 aromatic rings. The summed E-state index contributed by atoms with van der Waals surface area (Å²) < 4.78 is 0. The molecule has 1 aliphatic rings.